The lowest BCUT2D eigenvalue weighted by Crippen LogP contribution is -2.22. The Morgan fingerprint density at radius 1 is 1.71 bits per heavy atom. The zero-order chi connectivity index (χ0) is 5.11. The molecule has 3 heteroatoms. The maximum Gasteiger partial charge on any atom is 0.0236 e. The van der Waals surface area contributed by atoms with Crippen LogP contribution in [0, 0.1) is 0 Å². The summed E-state index contributed by atoms with van der Waals surface area (Å²) in [5, 5.41) is 6.37. The van der Waals surface area contributed by atoms with Gasteiger partial charge in [-0.05, 0) is 13.0 Å². The van der Waals surface area contributed by atoms with E-state index in [9.17, 15) is 0 Å². The Labute approximate surface area is 46.3 Å². The van der Waals surface area contributed by atoms with E-state index < -0.39 is 0 Å². The monoisotopic (exact) mass is 118 g/mol. The average molecular weight is 118 g/mol. The third kappa shape index (κ3) is 1.37. The Morgan fingerprint density at radius 2 is 2.57 bits per heavy atom. The first-order valence-corrected chi connectivity index (χ1v) is 3.18. The van der Waals surface area contributed by atoms with Crippen LogP contribution < -0.4 is 10.4 Å². The molecule has 7 heavy (non-hydrogen) atoms. The molecule has 0 spiro atoms. The lowest BCUT2D eigenvalue weighted by atomic mass is 10.3. The molecule has 2 unspecified atom stereocenters. The molecule has 42 valence electrons. The van der Waals surface area contributed by atoms with E-state index in [1.807, 2.05) is 0 Å². The van der Waals surface area contributed by atoms with E-state index in [-0.39, 0.29) is 0 Å². The number of hydrogen-bond acceptors (Lipinski definition) is 2. The first-order valence-electron chi connectivity index (χ1n) is 2.60. The Bertz CT molecular complexity index is 51.7. The van der Waals surface area contributed by atoms with Gasteiger partial charge in [0, 0.05) is 12.6 Å². The molecule has 1 aliphatic heterocycles. The van der Waals surface area contributed by atoms with Gasteiger partial charge in [0.15, 0.2) is 0 Å². The molecule has 2 N–H and O–H groups in total. The summed E-state index contributed by atoms with van der Waals surface area (Å²) in [5.41, 5.74) is 0. The Hall–Kier alpha value is 0.350. The van der Waals surface area contributed by atoms with Crippen LogP contribution in [0.1, 0.15) is 6.42 Å². The molecule has 1 heterocycles. The van der Waals surface area contributed by atoms with Crippen molar-refractivity contribution in [3.05, 3.63) is 0 Å². The number of nitrogens with one attached hydrogen (secondary N) is 2. The summed E-state index contributed by atoms with van der Waals surface area (Å²) < 4.78 is 0. The van der Waals surface area contributed by atoms with Crippen molar-refractivity contribution in [1.82, 2.24) is 10.4 Å². The summed E-state index contributed by atoms with van der Waals surface area (Å²) >= 11 is 0. The van der Waals surface area contributed by atoms with Crippen LogP contribution in [0.15, 0.2) is 0 Å². The maximum atomic E-state index is 3.25. The number of rotatable bonds is 1. The summed E-state index contributed by atoms with van der Waals surface area (Å²) in [4.78, 5) is 0. The Morgan fingerprint density at radius 3 is 2.86 bits per heavy atom. The maximum absolute atomic E-state index is 3.25. The zero-order valence-corrected chi connectivity index (χ0v) is 5.43. The second kappa shape index (κ2) is 2.61. The highest BCUT2D eigenvalue weighted by Gasteiger charge is 2.09. The molecule has 1 rings (SSSR count). The van der Waals surface area contributed by atoms with E-state index in [1.165, 1.54) is 13.0 Å². The second-order valence-corrected chi connectivity index (χ2v) is 2.19. The molecule has 2 atom stereocenters. The van der Waals surface area contributed by atoms with E-state index in [0.29, 0.717) is 6.04 Å². The van der Waals surface area contributed by atoms with Gasteiger partial charge in [0.25, 0.3) is 0 Å². The van der Waals surface area contributed by atoms with Crippen LogP contribution in [0.4, 0.5) is 0 Å². The third-order valence-electron chi connectivity index (χ3n) is 1.30. The summed E-state index contributed by atoms with van der Waals surface area (Å²) in [6, 6.07) is 0.699. The fourth-order valence-electron chi connectivity index (χ4n) is 0.797. The lowest BCUT2D eigenvalue weighted by Gasteiger charge is -2.01. The van der Waals surface area contributed by atoms with Gasteiger partial charge in [-0.25, -0.2) is 0 Å². The molecule has 0 aromatic rings. The van der Waals surface area contributed by atoms with Gasteiger partial charge in [0.1, 0.15) is 0 Å². The minimum absolute atomic E-state index is 0.699. The van der Waals surface area contributed by atoms with E-state index in [4.69, 9.17) is 0 Å². The van der Waals surface area contributed by atoms with Gasteiger partial charge in [-0.2, -0.15) is 0 Å². The topological polar surface area (TPSA) is 24.1 Å². The highest BCUT2D eigenvalue weighted by atomic mass is 31.0. The average Bonchev–Trinajstić information content (AvgIpc) is 2.14. The zero-order valence-electron chi connectivity index (χ0n) is 4.28. The first kappa shape index (κ1) is 5.49. The van der Waals surface area contributed by atoms with Crippen LogP contribution in [0.5, 0.6) is 0 Å². The van der Waals surface area contributed by atoms with Crippen molar-refractivity contribution < 1.29 is 0 Å². The van der Waals surface area contributed by atoms with Crippen molar-refractivity contribution in [2.24, 2.45) is 0 Å². The van der Waals surface area contributed by atoms with E-state index in [2.05, 4.69) is 19.8 Å². The standard InChI is InChI=1S/C4H11N2P/c7-6-4-1-2-5-3-4/h4-6H,1-3,7H2. The quantitative estimate of drug-likeness (QED) is 0.463. The predicted octanol–water partition coefficient (Wildman–Crippen LogP) is -0.272. The van der Waals surface area contributed by atoms with Crippen LogP contribution in [0.3, 0.4) is 0 Å². The van der Waals surface area contributed by atoms with Gasteiger partial charge in [-0.3, -0.25) is 5.09 Å². The molecule has 2 nitrogen and oxygen atoms in total. The minimum atomic E-state index is 0.699. The van der Waals surface area contributed by atoms with Crippen LogP contribution in [0.2, 0.25) is 0 Å². The third-order valence-corrected chi connectivity index (χ3v) is 1.77. The molecule has 0 bridgehead atoms. The van der Waals surface area contributed by atoms with Gasteiger partial charge in [0.05, 0.1) is 0 Å². The first-order chi connectivity index (χ1) is 3.43. The molecule has 0 radical (unpaired) electrons. The highest BCUT2D eigenvalue weighted by Crippen LogP contribution is 1.97. The van der Waals surface area contributed by atoms with Crippen molar-refractivity contribution in [3.8, 4) is 0 Å². The Balaban J connectivity index is 2.14. The number of hydrogen-bond donors (Lipinski definition) is 2. The van der Waals surface area contributed by atoms with Crippen molar-refractivity contribution >= 4 is 9.39 Å². The normalized spacial score (nSPS) is 31.3. The van der Waals surface area contributed by atoms with Crippen molar-refractivity contribution in [2.75, 3.05) is 13.1 Å². The molecule has 1 saturated heterocycles. The summed E-state index contributed by atoms with van der Waals surface area (Å²) in [5.74, 6) is 0. The summed E-state index contributed by atoms with van der Waals surface area (Å²) in [6.45, 7) is 2.30. The van der Waals surface area contributed by atoms with Crippen LogP contribution in [0.25, 0.3) is 0 Å². The molecule has 0 aromatic heterocycles. The van der Waals surface area contributed by atoms with Gasteiger partial charge in [-0.15, -0.1) is 0 Å². The predicted molar refractivity (Wildman–Crippen MR) is 34.1 cm³/mol. The Kier molecular flexibility index (Phi) is 2.04. The molecule has 0 amide bonds. The molecule has 1 aliphatic rings. The van der Waals surface area contributed by atoms with Crippen molar-refractivity contribution in [3.63, 3.8) is 0 Å². The molecule has 0 saturated carbocycles. The smallest absolute Gasteiger partial charge is 0.0236 e. The van der Waals surface area contributed by atoms with Crippen LogP contribution >= 0.6 is 9.39 Å². The largest absolute Gasteiger partial charge is 0.315 e. The van der Waals surface area contributed by atoms with Crippen LogP contribution in [-0.2, 0) is 0 Å². The van der Waals surface area contributed by atoms with Gasteiger partial charge in [-0.1, -0.05) is 9.39 Å². The van der Waals surface area contributed by atoms with Crippen molar-refractivity contribution in [2.45, 2.75) is 12.5 Å². The molecule has 1 fully saturated rings. The highest BCUT2D eigenvalue weighted by molar-refractivity contribution is 7.13. The fourth-order valence-corrected chi connectivity index (χ4v) is 1.08. The van der Waals surface area contributed by atoms with E-state index >= 15 is 0 Å². The molecule has 0 aliphatic carbocycles. The van der Waals surface area contributed by atoms with Gasteiger partial charge in [0.2, 0.25) is 0 Å². The van der Waals surface area contributed by atoms with E-state index in [1.54, 1.807) is 0 Å². The van der Waals surface area contributed by atoms with Gasteiger partial charge < -0.3 is 5.32 Å². The molecule has 0 aromatic carbocycles. The van der Waals surface area contributed by atoms with E-state index in [0.717, 1.165) is 6.54 Å². The molecular formula is C4H11N2P. The fraction of sp³-hybridized carbons (Fsp3) is 1.00. The van der Waals surface area contributed by atoms with Gasteiger partial charge >= 0.3 is 0 Å². The SMILES string of the molecule is PNC1CCNC1. The molecular weight excluding hydrogens is 107 g/mol. The second-order valence-electron chi connectivity index (χ2n) is 1.86. The minimum Gasteiger partial charge on any atom is -0.315 e. The van der Waals surface area contributed by atoms with Crippen LogP contribution in [-0.4, -0.2) is 19.1 Å². The summed E-state index contributed by atoms with van der Waals surface area (Å²) in [6.07, 6.45) is 1.27. The van der Waals surface area contributed by atoms with Crippen molar-refractivity contribution in [1.29, 1.82) is 0 Å². The summed E-state index contributed by atoms with van der Waals surface area (Å²) in [7, 11) is 2.53. The lowest BCUT2D eigenvalue weighted by molar-refractivity contribution is 0.693.